The van der Waals surface area contributed by atoms with Crippen LogP contribution in [0.2, 0.25) is 0 Å². The van der Waals surface area contributed by atoms with E-state index in [9.17, 15) is 4.79 Å². The van der Waals surface area contributed by atoms with Crippen LogP contribution in [0.3, 0.4) is 0 Å². The Morgan fingerprint density at radius 3 is 2.73 bits per heavy atom. The van der Waals surface area contributed by atoms with Crippen LogP contribution in [0.4, 0.5) is 5.82 Å². The maximum atomic E-state index is 11.9. The van der Waals surface area contributed by atoms with E-state index in [1.165, 1.54) is 12.6 Å². The number of hydrogen-bond donors (Lipinski definition) is 1. The Labute approximate surface area is 88.3 Å². The number of piperidine rings is 1. The van der Waals surface area contributed by atoms with E-state index in [0.717, 1.165) is 25.9 Å². The molecule has 0 aliphatic carbocycles. The molecule has 80 valence electrons. The van der Waals surface area contributed by atoms with Crippen LogP contribution in [0.25, 0.3) is 0 Å². The lowest BCUT2D eigenvalue weighted by atomic mass is 10.1. The van der Waals surface area contributed by atoms with E-state index >= 15 is 0 Å². The Morgan fingerprint density at radius 2 is 2.07 bits per heavy atom. The van der Waals surface area contributed by atoms with E-state index in [-0.39, 0.29) is 11.7 Å². The fourth-order valence-corrected chi connectivity index (χ4v) is 1.71. The van der Waals surface area contributed by atoms with Crippen molar-refractivity contribution in [3.63, 3.8) is 0 Å². The second-order valence-electron chi connectivity index (χ2n) is 3.66. The van der Waals surface area contributed by atoms with Gasteiger partial charge in [-0.2, -0.15) is 0 Å². The smallest absolute Gasteiger partial charge is 0.291 e. The number of carbonyl (C=O) groups excluding carboxylic acids is 1. The van der Waals surface area contributed by atoms with Crippen LogP contribution in [-0.4, -0.2) is 33.9 Å². The van der Waals surface area contributed by atoms with E-state index in [2.05, 4.69) is 9.97 Å². The standard InChI is InChI=1S/C10H14N4O/c11-8-4-5-12-9(13-8)10(15)14-6-2-1-3-7-14/h4-5H,1-3,6-7H2,(H2,11,12,13). The van der Waals surface area contributed by atoms with Crippen LogP contribution in [0, 0.1) is 0 Å². The summed E-state index contributed by atoms with van der Waals surface area (Å²) in [5.74, 6) is 0.434. The van der Waals surface area contributed by atoms with Gasteiger partial charge in [-0.25, -0.2) is 9.97 Å². The molecule has 1 aliphatic heterocycles. The Balaban J connectivity index is 2.12. The molecule has 2 N–H and O–H groups in total. The average molecular weight is 206 g/mol. The zero-order valence-corrected chi connectivity index (χ0v) is 8.52. The molecular formula is C10H14N4O. The molecule has 1 aliphatic rings. The topological polar surface area (TPSA) is 72.1 Å². The van der Waals surface area contributed by atoms with Crippen LogP contribution < -0.4 is 5.73 Å². The van der Waals surface area contributed by atoms with Crippen molar-refractivity contribution in [1.82, 2.24) is 14.9 Å². The Hall–Kier alpha value is -1.65. The molecule has 0 unspecified atom stereocenters. The van der Waals surface area contributed by atoms with Gasteiger partial charge in [-0.05, 0) is 25.3 Å². The van der Waals surface area contributed by atoms with Crippen molar-refractivity contribution in [1.29, 1.82) is 0 Å². The minimum absolute atomic E-state index is 0.109. The first-order chi connectivity index (χ1) is 7.27. The Bertz CT molecular complexity index is 360. The van der Waals surface area contributed by atoms with Crippen LogP contribution in [0.15, 0.2) is 12.3 Å². The first-order valence-electron chi connectivity index (χ1n) is 5.15. The molecule has 1 aromatic rings. The van der Waals surface area contributed by atoms with Gasteiger partial charge in [0, 0.05) is 19.3 Å². The molecule has 0 atom stereocenters. The summed E-state index contributed by atoms with van der Waals surface area (Å²) in [6, 6.07) is 1.58. The Kier molecular flexibility index (Phi) is 2.80. The summed E-state index contributed by atoms with van der Waals surface area (Å²) in [5, 5.41) is 0. The van der Waals surface area contributed by atoms with Crippen molar-refractivity contribution in [2.75, 3.05) is 18.8 Å². The van der Waals surface area contributed by atoms with Crippen molar-refractivity contribution in [3.8, 4) is 0 Å². The third kappa shape index (κ3) is 2.23. The first kappa shape index (κ1) is 9.89. The number of anilines is 1. The molecule has 0 saturated carbocycles. The summed E-state index contributed by atoms with van der Waals surface area (Å²) in [7, 11) is 0. The van der Waals surface area contributed by atoms with Gasteiger partial charge >= 0.3 is 0 Å². The van der Waals surface area contributed by atoms with Gasteiger partial charge in [0.2, 0.25) is 5.82 Å². The van der Waals surface area contributed by atoms with E-state index in [4.69, 9.17) is 5.73 Å². The van der Waals surface area contributed by atoms with Gasteiger partial charge in [0.1, 0.15) is 5.82 Å². The lowest BCUT2D eigenvalue weighted by Gasteiger charge is -2.25. The molecule has 0 aromatic carbocycles. The summed E-state index contributed by atoms with van der Waals surface area (Å²) < 4.78 is 0. The molecule has 1 fully saturated rings. The van der Waals surface area contributed by atoms with Gasteiger partial charge in [-0.1, -0.05) is 0 Å². The van der Waals surface area contributed by atoms with Crippen molar-refractivity contribution in [2.24, 2.45) is 0 Å². The zero-order valence-electron chi connectivity index (χ0n) is 8.52. The molecule has 1 saturated heterocycles. The van der Waals surface area contributed by atoms with Crippen molar-refractivity contribution < 1.29 is 4.79 Å². The summed E-state index contributed by atoms with van der Waals surface area (Å²) in [5.41, 5.74) is 5.50. The lowest BCUT2D eigenvalue weighted by molar-refractivity contribution is 0.0712. The predicted molar refractivity (Wildman–Crippen MR) is 56.2 cm³/mol. The number of nitrogen functional groups attached to an aromatic ring is 1. The second-order valence-corrected chi connectivity index (χ2v) is 3.66. The minimum atomic E-state index is -0.109. The number of aromatic nitrogens is 2. The quantitative estimate of drug-likeness (QED) is 0.733. The van der Waals surface area contributed by atoms with Crippen LogP contribution in [-0.2, 0) is 0 Å². The highest BCUT2D eigenvalue weighted by atomic mass is 16.2. The number of hydrogen-bond acceptors (Lipinski definition) is 4. The van der Waals surface area contributed by atoms with Gasteiger partial charge in [0.25, 0.3) is 5.91 Å². The normalized spacial score (nSPS) is 16.4. The summed E-state index contributed by atoms with van der Waals surface area (Å²) in [4.78, 5) is 21.5. The fraction of sp³-hybridized carbons (Fsp3) is 0.500. The molecule has 0 bridgehead atoms. The lowest BCUT2D eigenvalue weighted by Crippen LogP contribution is -2.36. The molecule has 1 amide bonds. The highest BCUT2D eigenvalue weighted by molar-refractivity contribution is 5.90. The van der Waals surface area contributed by atoms with E-state index in [1.54, 1.807) is 11.0 Å². The molecule has 5 nitrogen and oxygen atoms in total. The monoisotopic (exact) mass is 206 g/mol. The van der Waals surface area contributed by atoms with E-state index in [1.807, 2.05) is 0 Å². The highest BCUT2D eigenvalue weighted by Crippen LogP contribution is 2.11. The second kappa shape index (κ2) is 4.25. The van der Waals surface area contributed by atoms with Gasteiger partial charge in [-0.15, -0.1) is 0 Å². The number of amides is 1. The third-order valence-electron chi connectivity index (χ3n) is 2.51. The average Bonchev–Trinajstić information content (AvgIpc) is 2.29. The molecule has 5 heteroatoms. The highest BCUT2D eigenvalue weighted by Gasteiger charge is 2.20. The summed E-state index contributed by atoms with van der Waals surface area (Å²) in [6.07, 6.45) is 4.84. The van der Waals surface area contributed by atoms with Gasteiger partial charge in [0.05, 0.1) is 0 Å². The summed E-state index contributed by atoms with van der Waals surface area (Å²) >= 11 is 0. The van der Waals surface area contributed by atoms with Crippen molar-refractivity contribution in [3.05, 3.63) is 18.1 Å². The summed E-state index contributed by atoms with van der Waals surface area (Å²) in [6.45, 7) is 1.61. The molecule has 0 spiro atoms. The molecule has 0 radical (unpaired) electrons. The minimum Gasteiger partial charge on any atom is -0.384 e. The van der Waals surface area contributed by atoms with Gasteiger partial charge in [-0.3, -0.25) is 4.79 Å². The van der Waals surface area contributed by atoms with Crippen molar-refractivity contribution >= 4 is 11.7 Å². The number of rotatable bonds is 1. The fourth-order valence-electron chi connectivity index (χ4n) is 1.71. The van der Waals surface area contributed by atoms with Crippen molar-refractivity contribution in [2.45, 2.75) is 19.3 Å². The Morgan fingerprint density at radius 1 is 1.33 bits per heavy atom. The van der Waals surface area contributed by atoms with Crippen LogP contribution in [0.5, 0.6) is 0 Å². The maximum absolute atomic E-state index is 11.9. The molecule has 1 aromatic heterocycles. The number of carbonyl (C=O) groups is 1. The molecule has 2 heterocycles. The number of nitrogens with two attached hydrogens (primary N) is 1. The van der Waals surface area contributed by atoms with E-state index < -0.39 is 0 Å². The van der Waals surface area contributed by atoms with Crippen LogP contribution in [0.1, 0.15) is 29.9 Å². The SMILES string of the molecule is Nc1ccnc(C(=O)N2CCCCC2)n1. The molecular weight excluding hydrogens is 192 g/mol. The molecule has 15 heavy (non-hydrogen) atoms. The van der Waals surface area contributed by atoms with Crippen LogP contribution >= 0.6 is 0 Å². The van der Waals surface area contributed by atoms with E-state index in [0.29, 0.717) is 5.82 Å². The first-order valence-corrected chi connectivity index (χ1v) is 5.15. The largest absolute Gasteiger partial charge is 0.384 e. The zero-order chi connectivity index (χ0) is 10.7. The third-order valence-corrected chi connectivity index (χ3v) is 2.51. The van der Waals surface area contributed by atoms with Gasteiger partial charge < -0.3 is 10.6 Å². The number of likely N-dealkylation sites (tertiary alicyclic amines) is 1. The van der Waals surface area contributed by atoms with Gasteiger partial charge in [0.15, 0.2) is 0 Å². The molecule has 2 rings (SSSR count). The number of nitrogens with zero attached hydrogens (tertiary/aromatic N) is 3. The maximum Gasteiger partial charge on any atom is 0.291 e. The predicted octanol–water partition coefficient (Wildman–Crippen LogP) is 0.685.